The van der Waals surface area contributed by atoms with Gasteiger partial charge in [-0.15, -0.1) is 11.3 Å². The third-order valence-electron chi connectivity index (χ3n) is 4.43. The highest BCUT2D eigenvalue weighted by molar-refractivity contribution is 7.19. The number of aromatic nitrogens is 3. The Bertz CT molecular complexity index is 1260. The molecule has 0 saturated heterocycles. The number of benzene rings is 1. The molecule has 0 radical (unpaired) electrons. The van der Waals surface area contributed by atoms with Gasteiger partial charge in [0, 0.05) is 22.7 Å². The topological polar surface area (TPSA) is 86.1 Å². The van der Waals surface area contributed by atoms with E-state index in [2.05, 4.69) is 15.4 Å². The van der Waals surface area contributed by atoms with Crippen molar-refractivity contribution < 1.29 is 9.53 Å². The minimum Gasteiger partial charge on any atom is -0.475 e. The second-order valence-corrected chi connectivity index (χ2v) is 8.19. The zero-order valence-corrected chi connectivity index (χ0v) is 17.6. The van der Waals surface area contributed by atoms with E-state index in [0.717, 1.165) is 20.7 Å². The lowest BCUT2D eigenvalue weighted by atomic mass is 10.0. The van der Waals surface area contributed by atoms with Crippen molar-refractivity contribution in [1.29, 1.82) is 0 Å². The summed E-state index contributed by atoms with van der Waals surface area (Å²) in [6.07, 6.45) is 2.73. The zero-order valence-electron chi connectivity index (χ0n) is 16.7. The smallest absolute Gasteiger partial charge is 0.281 e. The maximum atomic E-state index is 13.2. The summed E-state index contributed by atoms with van der Waals surface area (Å²) in [5, 5.41) is 0.491. The van der Waals surface area contributed by atoms with Crippen molar-refractivity contribution in [3.05, 3.63) is 75.8 Å². The van der Waals surface area contributed by atoms with Crippen LogP contribution < -0.4 is 15.7 Å². The van der Waals surface area contributed by atoms with Crippen LogP contribution in [0.4, 0.5) is 0 Å². The number of amides is 1. The number of nitrogens with zero attached hydrogens (tertiary/aromatic N) is 3. The first-order valence-electron chi connectivity index (χ1n) is 9.44. The molecule has 0 fully saturated rings. The number of fused-ring (bicyclic) bond motifs is 1. The third kappa shape index (κ3) is 3.81. The number of carbonyl (C=O) groups excluding carboxylic acids is 1. The number of ether oxygens (including phenoxy) is 1. The first kappa shape index (κ1) is 19.8. The zero-order chi connectivity index (χ0) is 21.3. The summed E-state index contributed by atoms with van der Waals surface area (Å²) in [6.45, 7) is 5.75. The minimum absolute atomic E-state index is 0.0126. The molecule has 30 heavy (non-hydrogen) atoms. The number of thiophene rings is 1. The molecule has 3 aromatic heterocycles. The predicted octanol–water partition coefficient (Wildman–Crippen LogP) is 4.00. The number of nitrogens with one attached hydrogen (secondary N) is 1. The molecule has 4 aromatic rings. The number of rotatable bonds is 5. The highest BCUT2D eigenvalue weighted by atomic mass is 32.1. The molecule has 7 nitrogen and oxygen atoms in total. The second kappa shape index (κ2) is 8.08. The molecule has 8 heteroatoms. The quantitative estimate of drug-likeness (QED) is 0.527. The Hall–Kier alpha value is -3.52. The molecule has 0 aliphatic rings. The van der Waals surface area contributed by atoms with E-state index in [4.69, 9.17) is 4.74 Å². The largest absolute Gasteiger partial charge is 0.475 e. The van der Waals surface area contributed by atoms with E-state index in [9.17, 15) is 9.59 Å². The average Bonchev–Trinajstić information content (AvgIpc) is 3.07. The number of hydrogen-bond donors (Lipinski definition) is 1. The van der Waals surface area contributed by atoms with Gasteiger partial charge in [0.15, 0.2) is 0 Å². The van der Waals surface area contributed by atoms with E-state index in [0.29, 0.717) is 21.7 Å². The van der Waals surface area contributed by atoms with Gasteiger partial charge >= 0.3 is 0 Å². The standard InChI is InChI=1S/C22H20N4O3S/c1-13(2)29-17-10-9-16(11-23-17)20(27)25-26-12-24-21-19(22(26)28)18(14(3)30-21)15-7-5-4-6-8-15/h4-13H,1-3H3,(H,25,27). The van der Waals surface area contributed by atoms with Crippen molar-refractivity contribution in [2.24, 2.45) is 0 Å². The fourth-order valence-corrected chi connectivity index (χ4v) is 4.14. The lowest BCUT2D eigenvalue weighted by molar-refractivity contribution is 0.101. The van der Waals surface area contributed by atoms with Gasteiger partial charge < -0.3 is 4.74 Å². The van der Waals surface area contributed by atoms with Gasteiger partial charge in [-0.3, -0.25) is 15.0 Å². The first-order valence-corrected chi connectivity index (χ1v) is 10.3. The Morgan fingerprint density at radius 3 is 2.57 bits per heavy atom. The van der Waals surface area contributed by atoms with Crippen LogP contribution in [0.5, 0.6) is 5.88 Å². The van der Waals surface area contributed by atoms with Crippen LogP contribution >= 0.6 is 11.3 Å². The van der Waals surface area contributed by atoms with E-state index in [1.807, 2.05) is 51.1 Å². The molecular formula is C22H20N4O3S. The molecule has 0 saturated carbocycles. The summed E-state index contributed by atoms with van der Waals surface area (Å²) >= 11 is 1.46. The Labute approximate surface area is 177 Å². The molecule has 3 heterocycles. The van der Waals surface area contributed by atoms with Gasteiger partial charge in [0.2, 0.25) is 5.88 Å². The van der Waals surface area contributed by atoms with Crippen LogP contribution in [0.15, 0.2) is 59.8 Å². The predicted molar refractivity (Wildman–Crippen MR) is 118 cm³/mol. The van der Waals surface area contributed by atoms with E-state index in [-0.39, 0.29) is 11.7 Å². The minimum atomic E-state index is -0.463. The van der Waals surface area contributed by atoms with Crippen molar-refractivity contribution in [3.8, 4) is 17.0 Å². The van der Waals surface area contributed by atoms with Gasteiger partial charge in [-0.25, -0.2) is 14.6 Å². The number of carbonyl (C=O) groups is 1. The molecule has 152 valence electrons. The number of pyridine rings is 1. The lowest BCUT2D eigenvalue weighted by Gasteiger charge is -2.10. The molecule has 1 amide bonds. The highest BCUT2D eigenvalue weighted by Crippen LogP contribution is 2.35. The van der Waals surface area contributed by atoms with Crippen molar-refractivity contribution >= 4 is 27.5 Å². The van der Waals surface area contributed by atoms with Gasteiger partial charge in [0.1, 0.15) is 11.2 Å². The van der Waals surface area contributed by atoms with Gasteiger partial charge in [0.25, 0.3) is 11.5 Å². The van der Waals surface area contributed by atoms with Gasteiger partial charge in [-0.05, 0) is 32.4 Å². The Morgan fingerprint density at radius 1 is 1.13 bits per heavy atom. The molecule has 0 bridgehead atoms. The molecule has 0 unspecified atom stereocenters. The molecule has 1 aromatic carbocycles. The van der Waals surface area contributed by atoms with Crippen LogP contribution in [0.25, 0.3) is 21.3 Å². The molecule has 1 N–H and O–H groups in total. The van der Waals surface area contributed by atoms with Crippen molar-refractivity contribution in [2.45, 2.75) is 26.9 Å². The van der Waals surface area contributed by atoms with Crippen LogP contribution in [-0.2, 0) is 0 Å². The summed E-state index contributed by atoms with van der Waals surface area (Å²) in [4.78, 5) is 35.9. The SMILES string of the molecule is Cc1sc2ncn(NC(=O)c3ccc(OC(C)C)nc3)c(=O)c2c1-c1ccccc1. The number of hydrogen-bond acceptors (Lipinski definition) is 6. The van der Waals surface area contributed by atoms with E-state index >= 15 is 0 Å². The van der Waals surface area contributed by atoms with Crippen LogP contribution in [0.1, 0.15) is 29.1 Å². The molecule has 0 aliphatic carbocycles. The Morgan fingerprint density at radius 2 is 1.90 bits per heavy atom. The molecule has 4 rings (SSSR count). The molecular weight excluding hydrogens is 400 g/mol. The fraction of sp³-hybridized carbons (Fsp3) is 0.182. The lowest BCUT2D eigenvalue weighted by Crippen LogP contribution is -2.33. The third-order valence-corrected chi connectivity index (χ3v) is 5.44. The second-order valence-electron chi connectivity index (χ2n) is 6.99. The first-order chi connectivity index (χ1) is 14.4. The normalized spacial score (nSPS) is 11.1. The fourth-order valence-electron chi connectivity index (χ4n) is 3.13. The van der Waals surface area contributed by atoms with E-state index < -0.39 is 5.91 Å². The average molecular weight is 420 g/mol. The molecule has 0 aliphatic heterocycles. The van der Waals surface area contributed by atoms with E-state index in [1.165, 1.54) is 23.9 Å². The molecule has 0 atom stereocenters. The van der Waals surface area contributed by atoms with Gasteiger partial charge in [0.05, 0.1) is 17.1 Å². The van der Waals surface area contributed by atoms with Gasteiger partial charge in [-0.2, -0.15) is 0 Å². The summed E-state index contributed by atoms with van der Waals surface area (Å²) in [5.41, 5.74) is 4.35. The van der Waals surface area contributed by atoms with Crippen LogP contribution in [0.3, 0.4) is 0 Å². The van der Waals surface area contributed by atoms with Crippen molar-refractivity contribution in [2.75, 3.05) is 5.43 Å². The van der Waals surface area contributed by atoms with Crippen molar-refractivity contribution in [3.63, 3.8) is 0 Å². The summed E-state index contributed by atoms with van der Waals surface area (Å²) in [7, 11) is 0. The van der Waals surface area contributed by atoms with Crippen molar-refractivity contribution in [1.82, 2.24) is 14.6 Å². The summed E-state index contributed by atoms with van der Waals surface area (Å²) in [6, 6.07) is 12.9. The molecule has 0 spiro atoms. The van der Waals surface area contributed by atoms with Crippen LogP contribution in [0, 0.1) is 6.92 Å². The van der Waals surface area contributed by atoms with Gasteiger partial charge in [-0.1, -0.05) is 30.3 Å². The highest BCUT2D eigenvalue weighted by Gasteiger charge is 2.18. The maximum Gasteiger partial charge on any atom is 0.281 e. The monoisotopic (exact) mass is 420 g/mol. The maximum absolute atomic E-state index is 13.2. The van der Waals surface area contributed by atoms with E-state index in [1.54, 1.807) is 12.1 Å². The Balaban J connectivity index is 1.68. The van der Waals surface area contributed by atoms with Crippen LogP contribution in [-0.4, -0.2) is 26.7 Å². The van der Waals surface area contributed by atoms with Crippen LogP contribution in [0.2, 0.25) is 0 Å². The summed E-state index contributed by atoms with van der Waals surface area (Å²) in [5.74, 6) is -0.0295. The number of aryl methyl sites for hydroxylation is 1. The Kier molecular flexibility index (Phi) is 5.33. The summed E-state index contributed by atoms with van der Waals surface area (Å²) < 4.78 is 6.60.